The molecule has 0 fully saturated rings. The molecule has 0 aliphatic carbocycles. The van der Waals surface area contributed by atoms with E-state index in [9.17, 15) is 38.4 Å². The van der Waals surface area contributed by atoms with E-state index in [0.717, 1.165) is 26.2 Å². The summed E-state index contributed by atoms with van der Waals surface area (Å²) in [4.78, 5) is 76.4. The summed E-state index contributed by atoms with van der Waals surface area (Å²) in [6.45, 7) is 5.14. The van der Waals surface area contributed by atoms with Gasteiger partial charge in [-0.2, -0.15) is 0 Å². The van der Waals surface area contributed by atoms with Crippen LogP contribution in [0.3, 0.4) is 0 Å². The van der Waals surface area contributed by atoms with E-state index < -0.39 is 47.8 Å². The standard InChI is InChI=1S/C6H18N4.4C4H4O4/c7-1-3-9-5-6-10-4-2-8;4*5-3(6)1-2-4(7)8/h9-10H,1-8H2;4*1-2H,(H,5,6)(H,7,8)/b;4*2-1+. The number of carbonyl (C=O) groups is 8. The Morgan fingerprint density at radius 1 is 0.357 bits per heavy atom. The predicted molar refractivity (Wildman–Crippen MR) is 141 cm³/mol. The van der Waals surface area contributed by atoms with Gasteiger partial charge in [-0.1, -0.05) is 0 Å². The molecule has 0 amide bonds. The Labute approximate surface area is 237 Å². The molecule has 0 bridgehead atoms. The highest BCUT2D eigenvalue weighted by Crippen LogP contribution is 1.72. The lowest BCUT2D eigenvalue weighted by Crippen LogP contribution is -2.32. The maximum atomic E-state index is 9.55. The molecular formula is C22H34N4O16. The van der Waals surface area contributed by atoms with E-state index in [-0.39, 0.29) is 0 Å². The number of nitrogens with one attached hydrogen (secondary N) is 2. The molecule has 0 saturated heterocycles. The monoisotopic (exact) mass is 610 g/mol. The van der Waals surface area contributed by atoms with Crippen molar-refractivity contribution in [3.05, 3.63) is 48.6 Å². The van der Waals surface area contributed by atoms with Crippen molar-refractivity contribution >= 4 is 47.8 Å². The first-order valence-corrected chi connectivity index (χ1v) is 10.8. The number of nitrogens with two attached hydrogens (primary N) is 2. The van der Waals surface area contributed by atoms with E-state index >= 15 is 0 Å². The second-order valence-electron chi connectivity index (χ2n) is 6.12. The quantitative estimate of drug-likeness (QED) is 0.0646. The van der Waals surface area contributed by atoms with Crippen LogP contribution >= 0.6 is 0 Å². The summed E-state index contributed by atoms with van der Waals surface area (Å²) in [5, 5.41) is 68.8. The van der Waals surface area contributed by atoms with Crippen LogP contribution in [0.1, 0.15) is 0 Å². The molecule has 0 aromatic rings. The molecule has 0 saturated carbocycles. The van der Waals surface area contributed by atoms with Crippen LogP contribution < -0.4 is 22.1 Å². The van der Waals surface area contributed by atoms with E-state index in [1.165, 1.54) is 0 Å². The Bertz CT molecular complexity index is 750. The molecular weight excluding hydrogens is 576 g/mol. The van der Waals surface area contributed by atoms with Gasteiger partial charge < -0.3 is 63.0 Å². The van der Waals surface area contributed by atoms with Crippen LogP contribution in [0.5, 0.6) is 0 Å². The molecule has 0 aromatic carbocycles. The summed E-state index contributed by atoms with van der Waals surface area (Å²) >= 11 is 0. The van der Waals surface area contributed by atoms with Gasteiger partial charge in [0.05, 0.1) is 0 Å². The second-order valence-corrected chi connectivity index (χ2v) is 6.12. The Hall–Kier alpha value is -5.44. The highest BCUT2D eigenvalue weighted by Gasteiger charge is 1.90. The molecule has 0 heterocycles. The maximum Gasteiger partial charge on any atom is 0.328 e. The highest BCUT2D eigenvalue weighted by atomic mass is 16.4. The molecule has 0 aliphatic heterocycles. The smallest absolute Gasteiger partial charge is 0.328 e. The second kappa shape index (κ2) is 35.6. The number of aliphatic carboxylic acids is 8. The lowest BCUT2D eigenvalue weighted by molar-refractivity contribution is -0.134. The number of hydrogen-bond donors (Lipinski definition) is 12. The molecule has 0 unspecified atom stereocenters. The third-order valence-electron chi connectivity index (χ3n) is 2.59. The Morgan fingerprint density at radius 2 is 0.500 bits per heavy atom. The predicted octanol–water partition coefficient (Wildman–Crippen LogP) is -3.07. The lowest BCUT2D eigenvalue weighted by Gasteiger charge is -2.03. The van der Waals surface area contributed by atoms with Gasteiger partial charge in [-0.3, -0.25) is 0 Å². The maximum absolute atomic E-state index is 9.55. The summed E-state index contributed by atoms with van der Waals surface area (Å²) in [6, 6.07) is 0. The average Bonchev–Trinajstić information content (AvgIpc) is 2.87. The average molecular weight is 611 g/mol. The van der Waals surface area contributed by atoms with Gasteiger partial charge in [-0.15, -0.1) is 0 Å². The van der Waals surface area contributed by atoms with Crippen molar-refractivity contribution in [3.8, 4) is 0 Å². The molecule has 14 N–H and O–H groups in total. The van der Waals surface area contributed by atoms with Gasteiger partial charge in [0, 0.05) is 87.9 Å². The number of rotatable bonds is 15. The van der Waals surface area contributed by atoms with Gasteiger partial charge in [0.15, 0.2) is 0 Å². The summed E-state index contributed by atoms with van der Waals surface area (Å²) < 4.78 is 0. The summed E-state index contributed by atoms with van der Waals surface area (Å²) in [5.74, 6) is -10.1. The van der Waals surface area contributed by atoms with Crippen molar-refractivity contribution in [1.82, 2.24) is 10.6 Å². The van der Waals surface area contributed by atoms with Crippen LogP contribution in [-0.2, 0) is 38.4 Å². The minimum atomic E-state index is -1.26. The molecule has 0 rings (SSSR count). The fraction of sp³-hybridized carbons (Fsp3) is 0.273. The summed E-state index contributed by atoms with van der Waals surface area (Å²) in [7, 11) is 0. The van der Waals surface area contributed by atoms with Gasteiger partial charge >= 0.3 is 47.8 Å². The summed E-state index contributed by atoms with van der Waals surface area (Å²) in [6.07, 6.45) is 4.46. The van der Waals surface area contributed by atoms with Crippen molar-refractivity contribution in [2.75, 3.05) is 39.3 Å². The highest BCUT2D eigenvalue weighted by molar-refractivity contribution is 5.91. The van der Waals surface area contributed by atoms with E-state index in [1.54, 1.807) is 0 Å². The zero-order valence-corrected chi connectivity index (χ0v) is 21.9. The van der Waals surface area contributed by atoms with Crippen molar-refractivity contribution in [3.63, 3.8) is 0 Å². The third-order valence-corrected chi connectivity index (χ3v) is 2.59. The fourth-order valence-corrected chi connectivity index (χ4v) is 1.20. The zero-order valence-electron chi connectivity index (χ0n) is 21.9. The van der Waals surface area contributed by atoms with E-state index in [0.29, 0.717) is 61.7 Å². The molecule has 0 aliphatic rings. The molecule has 0 aromatic heterocycles. The SMILES string of the molecule is NCCNCCNCCN.O=C(O)/C=C/C(=O)O.O=C(O)/C=C/C(=O)O.O=C(O)/C=C/C(=O)O.O=C(O)/C=C/C(=O)O. The van der Waals surface area contributed by atoms with Crippen molar-refractivity contribution in [1.29, 1.82) is 0 Å². The Morgan fingerprint density at radius 3 is 0.595 bits per heavy atom. The molecule has 0 atom stereocenters. The van der Waals surface area contributed by atoms with Gasteiger partial charge in [0.25, 0.3) is 0 Å². The zero-order chi connectivity index (χ0) is 33.9. The van der Waals surface area contributed by atoms with Gasteiger partial charge in [-0.25, -0.2) is 38.4 Å². The van der Waals surface area contributed by atoms with Crippen LogP contribution in [0.15, 0.2) is 48.6 Å². The van der Waals surface area contributed by atoms with Crippen molar-refractivity contribution in [2.24, 2.45) is 11.5 Å². The minimum Gasteiger partial charge on any atom is -0.478 e. The van der Waals surface area contributed by atoms with Crippen molar-refractivity contribution < 1.29 is 79.2 Å². The first kappa shape index (κ1) is 46.4. The minimum absolute atomic E-state index is 0.558. The fourth-order valence-electron chi connectivity index (χ4n) is 1.20. The van der Waals surface area contributed by atoms with Gasteiger partial charge in [0.1, 0.15) is 0 Å². The van der Waals surface area contributed by atoms with Crippen LogP contribution in [0.2, 0.25) is 0 Å². The first-order valence-electron chi connectivity index (χ1n) is 10.8. The normalized spacial score (nSPS) is 9.67. The first-order chi connectivity index (χ1) is 19.4. The Kier molecular flexibility index (Phi) is 39.3. The largest absolute Gasteiger partial charge is 0.478 e. The third kappa shape index (κ3) is 83.7. The van der Waals surface area contributed by atoms with Crippen LogP contribution in [-0.4, -0.2) is 128 Å². The van der Waals surface area contributed by atoms with Gasteiger partial charge in [-0.05, 0) is 0 Å². The van der Waals surface area contributed by atoms with Gasteiger partial charge in [0.2, 0.25) is 0 Å². The van der Waals surface area contributed by atoms with Crippen LogP contribution in [0, 0.1) is 0 Å². The van der Waals surface area contributed by atoms with E-state index in [4.69, 9.17) is 52.3 Å². The number of hydrogen-bond acceptors (Lipinski definition) is 12. The number of carboxylic acids is 8. The van der Waals surface area contributed by atoms with E-state index in [1.807, 2.05) is 0 Å². The summed E-state index contributed by atoms with van der Waals surface area (Å²) in [5.41, 5.74) is 10.5. The number of carboxylic acid groups (broad SMARTS) is 8. The van der Waals surface area contributed by atoms with Crippen LogP contribution in [0.25, 0.3) is 0 Å². The molecule has 42 heavy (non-hydrogen) atoms. The van der Waals surface area contributed by atoms with E-state index in [2.05, 4.69) is 10.6 Å². The van der Waals surface area contributed by atoms with Crippen LogP contribution in [0.4, 0.5) is 0 Å². The molecule has 0 spiro atoms. The molecule has 20 heteroatoms. The molecule has 238 valence electrons. The molecule has 0 radical (unpaired) electrons. The topological polar surface area (TPSA) is 374 Å². The Balaban J connectivity index is -0.000000136. The molecule has 20 nitrogen and oxygen atoms in total. The van der Waals surface area contributed by atoms with Crippen molar-refractivity contribution in [2.45, 2.75) is 0 Å². The lowest BCUT2D eigenvalue weighted by atomic mass is 10.5.